The molecule has 0 aliphatic heterocycles. The predicted molar refractivity (Wildman–Crippen MR) is 80.8 cm³/mol. The van der Waals surface area contributed by atoms with Crippen molar-refractivity contribution in [2.75, 3.05) is 0 Å². The van der Waals surface area contributed by atoms with Gasteiger partial charge in [-0.25, -0.2) is 0 Å². The Hall–Kier alpha value is -0.540. The maximum absolute atomic E-state index is 5.90. The van der Waals surface area contributed by atoms with Gasteiger partial charge in [0, 0.05) is 22.5 Å². The Bertz CT molecular complexity index is 493. The van der Waals surface area contributed by atoms with Crippen molar-refractivity contribution in [3.05, 3.63) is 56.2 Å². The van der Waals surface area contributed by atoms with Crippen LogP contribution in [0, 0.1) is 0 Å². The van der Waals surface area contributed by atoms with Crippen molar-refractivity contribution in [2.24, 2.45) is 0 Å². The lowest BCUT2D eigenvalue weighted by Gasteiger charge is -2.13. The smallest absolute Gasteiger partial charge is 0.0931 e. The molecule has 2 rings (SSSR count). The number of hydrogen-bond acceptors (Lipinski definition) is 2. The van der Waals surface area contributed by atoms with E-state index in [1.807, 2.05) is 18.2 Å². The fourth-order valence-electron chi connectivity index (χ4n) is 1.77. The first-order chi connectivity index (χ1) is 8.63. The lowest BCUT2D eigenvalue weighted by atomic mass is 10.1. The monoisotopic (exact) mass is 299 g/mol. The molecule has 1 heterocycles. The van der Waals surface area contributed by atoms with Crippen LogP contribution in [0.1, 0.15) is 17.4 Å². The molecule has 0 bridgehead atoms. The first-order valence-electron chi connectivity index (χ1n) is 5.85. The molecular formula is C14H15Cl2NS. The molecule has 1 atom stereocenters. The van der Waals surface area contributed by atoms with E-state index in [-0.39, 0.29) is 0 Å². The Morgan fingerprint density at radius 2 is 1.83 bits per heavy atom. The molecule has 18 heavy (non-hydrogen) atoms. The van der Waals surface area contributed by atoms with Gasteiger partial charge in [-0.05, 0) is 43.2 Å². The van der Waals surface area contributed by atoms with Crippen LogP contribution in [0.2, 0.25) is 9.36 Å². The average molecular weight is 300 g/mol. The summed E-state index contributed by atoms with van der Waals surface area (Å²) in [4.78, 5) is 1.27. The molecule has 1 aromatic heterocycles. The summed E-state index contributed by atoms with van der Waals surface area (Å²) in [5.41, 5.74) is 1.30. The second kappa shape index (κ2) is 6.58. The summed E-state index contributed by atoms with van der Waals surface area (Å²) in [7, 11) is 0. The lowest BCUT2D eigenvalue weighted by molar-refractivity contribution is 0.549. The highest BCUT2D eigenvalue weighted by molar-refractivity contribution is 7.16. The van der Waals surface area contributed by atoms with Crippen molar-refractivity contribution in [1.82, 2.24) is 5.32 Å². The molecule has 0 amide bonds. The van der Waals surface area contributed by atoms with Crippen molar-refractivity contribution in [3.63, 3.8) is 0 Å². The Balaban J connectivity index is 1.81. The first kappa shape index (κ1) is 13.9. The molecule has 0 saturated carbocycles. The minimum absolute atomic E-state index is 0.423. The fraction of sp³-hybridized carbons (Fsp3) is 0.286. The second-order valence-electron chi connectivity index (χ2n) is 4.32. The van der Waals surface area contributed by atoms with Gasteiger partial charge in [0.1, 0.15) is 0 Å². The zero-order chi connectivity index (χ0) is 13.0. The van der Waals surface area contributed by atoms with Gasteiger partial charge < -0.3 is 5.32 Å². The summed E-state index contributed by atoms with van der Waals surface area (Å²) in [5.74, 6) is 0. The van der Waals surface area contributed by atoms with E-state index in [2.05, 4.69) is 30.4 Å². The normalized spacial score (nSPS) is 12.6. The molecule has 96 valence electrons. The summed E-state index contributed by atoms with van der Waals surface area (Å²) in [6.45, 7) is 3.05. The maximum atomic E-state index is 5.90. The maximum Gasteiger partial charge on any atom is 0.0931 e. The van der Waals surface area contributed by atoms with Crippen molar-refractivity contribution in [1.29, 1.82) is 0 Å². The van der Waals surface area contributed by atoms with Gasteiger partial charge in [0.25, 0.3) is 0 Å². The van der Waals surface area contributed by atoms with E-state index in [0.717, 1.165) is 22.3 Å². The van der Waals surface area contributed by atoms with Crippen LogP contribution in [0.4, 0.5) is 0 Å². The third-order valence-electron chi connectivity index (χ3n) is 2.71. The molecule has 0 saturated heterocycles. The van der Waals surface area contributed by atoms with Gasteiger partial charge in [0.15, 0.2) is 0 Å². The predicted octanol–water partition coefficient (Wildman–Crippen LogP) is 4.78. The zero-order valence-electron chi connectivity index (χ0n) is 10.1. The number of nitrogens with one attached hydrogen (secondary N) is 1. The standard InChI is InChI=1S/C14H15Cl2NS/c1-10(8-11-2-4-12(15)5-3-11)17-9-13-6-7-14(16)18-13/h2-7,10,17H,8-9H2,1H3. The Morgan fingerprint density at radius 1 is 1.11 bits per heavy atom. The number of halogens is 2. The summed E-state index contributed by atoms with van der Waals surface area (Å²) < 4.78 is 0.845. The molecule has 0 radical (unpaired) electrons. The highest BCUT2D eigenvalue weighted by atomic mass is 35.5. The molecule has 1 nitrogen and oxygen atoms in total. The zero-order valence-corrected chi connectivity index (χ0v) is 12.4. The molecule has 4 heteroatoms. The van der Waals surface area contributed by atoms with E-state index in [4.69, 9.17) is 23.2 Å². The van der Waals surface area contributed by atoms with Crippen LogP contribution in [0.25, 0.3) is 0 Å². The molecule has 0 spiro atoms. The van der Waals surface area contributed by atoms with Crippen LogP contribution in [0.3, 0.4) is 0 Å². The first-order valence-corrected chi connectivity index (χ1v) is 7.43. The highest BCUT2D eigenvalue weighted by Gasteiger charge is 2.04. The Kier molecular flexibility index (Phi) is 5.07. The molecule has 1 N–H and O–H groups in total. The molecule has 0 fully saturated rings. The van der Waals surface area contributed by atoms with Crippen LogP contribution < -0.4 is 5.32 Å². The lowest BCUT2D eigenvalue weighted by Crippen LogP contribution is -2.27. The molecule has 0 aliphatic carbocycles. The second-order valence-corrected chi connectivity index (χ2v) is 6.55. The molecule has 1 unspecified atom stereocenters. The topological polar surface area (TPSA) is 12.0 Å². The van der Waals surface area contributed by atoms with E-state index in [0.29, 0.717) is 6.04 Å². The highest BCUT2D eigenvalue weighted by Crippen LogP contribution is 2.21. The molecule has 2 aromatic rings. The third-order valence-corrected chi connectivity index (χ3v) is 4.19. The van der Waals surface area contributed by atoms with Gasteiger partial charge in [0.2, 0.25) is 0 Å². The van der Waals surface area contributed by atoms with Crippen molar-refractivity contribution < 1.29 is 0 Å². The van der Waals surface area contributed by atoms with Gasteiger partial charge in [-0.1, -0.05) is 35.3 Å². The number of thiophene rings is 1. The summed E-state index contributed by atoms with van der Waals surface area (Å²) in [6.07, 6.45) is 0.996. The number of hydrogen-bond donors (Lipinski definition) is 1. The van der Waals surface area contributed by atoms with E-state index in [9.17, 15) is 0 Å². The SMILES string of the molecule is CC(Cc1ccc(Cl)cc1)NCc1ccc(Cl)s1. The summed E-state index contributed by atoms with van der Waals surface area (Å²) in [6, 6.07) is 12.4. The van der Waals surface area contributed by atoms with Crippen LogP contribution in [-0.4, -0.2) is 6.04 Å². The van der Waals surface area contributed by atoms with E-state index < -0.39 is 0 Å². The van der Waals surface area contributed by atoms with Gasteiger partial charge in [0.05, 0.1) is 4.34 Å². The fourth-order valence-corrected chi connectivity index (χ4v) is 2.93. The van der Waals surface area contributed by atoms with Crippen molar-refractivity contribution >= 4 is 34.5 Å². The Morgan fingerprint density at radius 3 is 2.44 bits per heavy atom. The number of rotatable bonds is 5. The number of benzene rings is 1. The molecule has 0 aliphatic rings. The van der Waals surface area contributed by atoms with Crippen LogP contribution >= 0.6 is 34.5 Å². The van der Waals surface area contributed by atoms with E-state index in [1.165, 1.54) is 10.4 Å². The van der Waals surface area contributed by atoms with Crippen LogP contribution in [0.5, 0.6) is 0 Å². The Labute approximate surface area is 122 Å². The van der Waals surface area contributed by atoms with E-state index in [1.54, 1.807) is 11.3 Å². The quantitative estimate of drug-likeness (QED) is 0.838. The third kappa shape index (κ3) is 4.29. The van der Waals surface area contributed by atoms with Gasteiger partial charge in [-0.15, -0.1) is 11.3 Å². The van der Waals surface area contributed by atoms with Crippen LogP contribution in [0.15, 0.2) is 36.4 Å². The molecule has 1 aromatic carbocycles. The van der Waals surface area contributed by atoms with Gasteiger partial charge >= 0.3 is 0 Å². The minimum atomic E-state index is 0.423. The average Bonchev–Trinajstić information content (AvgIpc) is 2.76. The van der Waals surface area contributed by atoms with Crippen molar-refractivity contribution in [2.45, 2.75) is 25.9 Å². The minimum Gasteiger partial charge on any atom is -0.309 e. The summed E-state index contributed by atoms with van der Waals surface area (Å²) >= 11 is 13.4. The van der Waals surface area contributed by atoms with Crippen molar-refractivity contribution in [3.8, 4) is 0 Å². The van der Waals surface area contributed by atoms with Gasteiger partial charge in [-0.3, -0.25) is 0 Å². The van der Waals surface area contributed by atoms with Gasteiger partial charge in [-0.2, -0.15) is 0 Å². The van der Waals surface area contributed by atoms with Crippen LogP contribution in [-0.2, 0) is 13.0 Å². The van der Waals surface area contributed by atoms with E-state index >= 15 is 0 Å². The largest absolute Gasteiger partial charge is 0.309 e. The summed E-state index contributed by atoms with van der Waals surface area (Å²) in [5, 5.41) is 4.28. The molecular weight excluding hydrogens is 285 g/mol.